The number of ether oxygens (including phenoxy) is 1. The van der Waals surface area contributed by atoms with Crippen molar-refractivity contribution in [2.75, 3.05) is 6.61 Å². The Hall–Kier alpha value is -3.50. The molecule has 0 unspecified atom stereocenters. The van der Waals surface area contributed by atoms with E-state index in [1.54, 1.807) is 12.1 Å². The van der Waals surface area contributed by atoms with Crippen LogP contribution in [0.4, 0.5) is 5.69 Å². The first-order chi connectivity index (χ1) is 13.3. The summed E-state index contributed by atoms with van der Waals surface area (Å²) in [6.45, 7) is -0.421. The maximum Gasteiger partial charge on any atom is 0.272 e. The quantitative estimate of drug-likeness (QED) is 0.461. The number of carbonyl (C=O) groups excluding carboxylic acids is 1. The van der Waals surface area contributed by atoms with Gasteiger partial charge in [0.05, 0.1) is 9.82 Å². The molecule has 0 aliphatic rings. The van der Waals surface area contributed by atoms with Crippen molar-refractivity contribution in [3.05, 3.63) is 76.8 Å². The van der Waals surface area contributed by atoms with E-state index in [4.69, 9.17) is 4.74 Å². The van der Waals surface area contributed by atoms with Crippen molar-refractivity contribution in [3.8, 4) is 5.75 Å². The summed E-state index contributed by atoms with van der Waals surface area (Å²) in [5.41, 5.74) is 1.63. The van der Waals surface area contributed by atoms with Gasteiger partial charge in [-0.15, -0.1) is 4.83 Å². The standard InChI is InChI=1S/C18H15N3O6S/c22-18(12-27-16-9-8-13-4-1-2-5-14(13)10-16)19-20-28(25,26)17-7-3-6-15(11-17)21(23)24/h1-11,20H,12H2,(H,19,22). The largest absolute Gasteiger partial charge is 0.484 e. The molecule has 3 aromatic rings. The molecule has 1 amide bonds. The number of rotatable bonds is 7. The summed E-state index contributed by atoms with van der Waals surface area (Å²) in [5.74, 6) is -0.280. The van der Waals surface area contributed by atoms with Gasteiger partial charge < -0.3 is 4.74 Å². The van der Waals surface area contributed by atoms with Gasteiger partial charge >= 0.3 is 0 Å². The lowest BCUT2D eigenvalue weighted by Gasteiger charge is -2.10. The number of fused-ring (bicyclic) bond motifs is 1. The Kier molecular flexibility index (Phi) is 5.52. The lowest BCUT2D eigenvalue weighted by atomic mass is 10.1. The van der Waals surface area contributed by atoms with Gasteiger partial charge in [0, 0.05) is 12.1 Å². The fourth-order valence-corrected chi connectivity index (χ4v) is 3.29. The number of amides is 1. The molecule has 0 saturated heterocycles. The van der Waals surface area contributed by atoms with Crippen LogP contribution in [-0.4, -0.2) is 25.9 Å². The zero-order valence-electron chi connectivity index (χ0n) is 14.4. The summed E-state index contributed by atoms with van der Waals surface area (Å²) < 4.78 is 29.6. The van der Waals surface area contributed by atoms with Crippen molar-refractivity contribution >= 4 is 32.4 Å². The van der Waals surface area contributed by atoms with Gasteiger partial charge in [0.1, 0.15) is 5.75 Å². The van der Waals surface area contributed by atoms with Crippen LogP contribution in [0, 0.1) is 10.1 Å². The first-order valence-electron chi connectivity index (χ1n) is 8.02. The molecule has 28 heavy (non-hydrogen) atoms. The first kappa shape index (κ1) is 19.3. The van der Waals surface area contributed by atoms with Crippen molar-refractivity contribution in [1.29, 1.82) is 0 Å². The molecule has 0 heterocycles. The number of hydrogen-bond donors (Lipinski definition) is 2. The second-order valence-electron chi connectivity index (χ2n) is 5.71. The van der Waals surface area contributed by atoms with Gasteiger partial charge in [-0.2, -0.15) is 0 Å². The zero-order valence-corrected chi connectivity index (χ0v) is 15.2. The summed E-state index contributed by atoms with van der Waals surface area (Å²) in [7, 11) is -4.17. The normalized spacial score (nSPS) is 11.1. The van der Waals surface area contributed by atoms with E-state index in [0.29, 0.717) is 5.75 Å². The minimum atomic E-state index is -4.17. The Bertz CT molecular complexity index is 1150. The Morgan fingerprint density at radius 2 is 1.75 bits per heavy atom. The highest BCUT2D eigenvalue weighted by Gasteiger charge is 2.18. The molecule has 0 atom stereocenters. The topological polar surface area (TPSA) is 128 Å². The predicted octanol–water partition coefficient (Wildman–Crippen LogP) is 2.14. The summed E-state index contributed by atoms with van der Waals surface area (Å²) in [4.78, 5) is 23.4. The number of non-ortho nitro benzene ring substituents is 1. The molecule has 144 valence electrons. The molecule has 3 rings (SSSR count). The Labute approximate surface area is 160 Å². The molecule has 0 bridgehead atoms. The number of sulfonamides is 1. The van der Waals surface area contributed by atoms with E-state index in [-0.39, 0.29) is 10.6 Å². The predicted molar refractivity (Wildman–Crippen MR) is 101 cm³/mol. The molecule has 9 nitrogen and oxygen atoms in total. The van der Waals surface area contributed by atoms with Crippen LogP contribution in [0.2, 0.25) is 0 Å². The number of nitro benzene ring substituents is 1. The molecule has 0 aromatic heterocycles. The number of nitrogens with zero attached hydrogens (tertiary/aromatic N) is 1. The van der Waals surface area contributed by atoms with E-state index >= 15 is 0 Å². The molecule has 2 N–H and O–H groups in total. The third kappa shape index (κ3) is 4.61. The number of benzene rings is 3. The SMILES string of the molecule is O=C(COc1ccc2ccccc2c1)NNS(=O)(=O)c1cccc([N+](=O)[O-])c1. The lowest BCUT2D eigenvalue weighted by molar-refractivity contribution is -0.385. The summed E-state index contributed by atoms with van der Waals surface area (Å²) >= 11 is 0. The highest BCUT2D eigenvalue weighted by Crippen LogP contribution is 2.20. The van der Waals surface area contributed by atoms with Crippen LogP contribution >= 0.6 is 0 Å². The molecule has 0 aliphatic carbocycles. The second-order valence-corrected chi connectivity index (χ2v) is 7.39. The number of hydrogen-bond acceptors (Lipinski definition) is 6. The van der Waals surface area contributed by atoms with Crippen LogP contribution in [0.5, 0.6) is 5.75 Å². The number of hydrazine groups is 1. The highest BCUT2D eigenvalue weighted by molar-refractivity contribution is 7.89. The number of carbonyl (C=O) groups is 1. The van der Waals surface area contributed by atoms with Crippen molar-refractivity contribution in [3.63, 3.8) is 0 Å². The van der Waals surface area contributed by atoms with Crippen LogP contribution in [0.1, 0.15) is 0 Å². The van der Waals surface area contributed by atoms with Gasteiger partial charge in [0.15, 0.2) is 6.61 Å². The van der Waals surface area contributed by atoms with Crippen LogP contribution in [0.25, 0.3) is 10.8 Å². The van der Waals surface area contributed by atoms with E-state index in [2.05, 4.69) is 0 Å². The van der Waals surface area contributed by atoms with Crippen molar-refractivity contribution < 1.29 is 22.9 Å². The Morgan fingerprint density at radius 3 is 2.50 bits per heavy atom. The summed E-state index contributed by atoms with van der Waals surface area (Å²) in [6, 6.07) is 17.4. The van der Waals surface area contributed by atoms with Gasteiger partial charge in [-0.25, -0.2) is 8.42 Å². The van der Waals surface area contributed by atoms with E-state index in [1.807, 2.05) is 40.6 Å². The average Bonchev–Trinajstić information content (AvgIpc) is 2.70. The van der Waals surface area contributed by atoms with Gasteiger partial charge in [-0.3, -0.25) is 20.3 Å². The molecule has 0 radical (unpaired) electrons. The monoisotopic (exact) mass is 401 g/mol. The van der Waals surface area contributed by atoms with Gasteiger partial charge in [0.25, 0.3) is 21.6 Å². The maximum atomic E-state index is 12.1. The van der Waals surface area contributed by atoms with Crippen LogP contribution in [0.3, 0.4) is 0 Å². The lowest BCUT2D eigenvalue weighted by Crippen LogP contribution is -2.43. The molecule has 10 heteroatoms. The molecule has 0 fully saturated rings. The first-order valence-corrected chi connectivity index (χ1v) is 9.50. The molecule has 0 spiro atoms. The zero-order chi connectivity index (χ0) is 20.1. The molecular weight excluding hydrogens is 386 g/mol. The summed E-state index contributed by atoms with van der Waals surface area (Å²) in [6.07, 6.45) is 0. The van der Waals surface area contributed by atoms with Gasteiger partial charge in [-0.05, 0) is 29.0 Å². The molecule has 3 aromatic carbocycles. The third-order valence-electron chi connectivity index (χ3n) is 3.75. The highest BCUT2D eigenvalue weighted by atomic mass is 32.2. The van der Waals surface area contributed by atoms with Crippen LogP contribution in [0.15, 0.2) is 71.6 Å². The van der Waals surface area contributed by atoms with E-state index in [1.165, 1.54) is 12.1 Å². The third-order valence-corrected chi connectivity index (χ3v) is 5.00. The smallest absolute Gasteiger partial charge is 0.272 e. The van der Waals surface area contributed by atoms with Crippen molar-refractivity contribution in [2.45, 2.75) is 4.90 Å². The second kappa shape index (κ2) is 8.03. The van der Waals surface area contributed by atoms with E-state index in [9.17, 15) is 23.3 Å². The Balaban J connectivity index is 1.58. The van der Waals surface area contributed by atoms with Crippen molar-refractivity contribution in [2.24, 2.45) is 0 Å². The van der Waals surface area contributed by atoms with E-state index in [0.717, 1.165) is 22.9 Å². The van der Waals surface area contributed by atoms with Crippen LogP contribution < -0.4 is 15.0 Å². The minimum Gasteiger partial charge on any atom is -0.484 e. The molecule has 0 saturated carbocycles. The Morgan fingerprint density at radius 1 is 1.00 bits per heavy atom. The van der Waals surface area contributed by atoms with Crippen LogP contribution in [-0.2, 0) is 14.8 Å². The average molecular weight is 401 g/mol. The van der Waals surface area contributed by atoms with E-state index < -0.39 is 27.5 Å². The fourth-order valence-electron chi connectivity index (χ4n) is 2.39. The molecular formula is C18H15N3O6S. The number of nitro groups is 1. The van der Waals surface area contributed by atoms with Gasteiger partial charge in [0.2, 0.25) is 0 Å². The minimum absolute atomic E-state index is 0.350. The van der Waals surface area contributed by atoms with Crippen molar-refractivity contribution in [1.82, 2.24) is 10.3 Å². The molecule has 0 aliphatic heterocycles. The summed E-state index contributed by atoms with van der Waals surface area (Å²) in [5, 5.41) is 12.7. The van der Waals surface area contributed by atoms with Gasteiger partial charge in [-0.1, -0.05) is 36.4 Å². The number of nitrogens with one attached hydrogen (secondary N) is 2. The fraction of sp³-hybridized carbons (Fsp3) is 0.0556. The maximum absolute atomic E-state index is 12.1.